The Morgan fingerprint density at radius 1 is 1.17 bits per heavy atom. The lowest BCUT2D eigenvalue weighted by Crippen LogP contribution is -2.29. The van der Waals surface area contributed by atoms with Gasteiger partial charge in [-0.15, -0.1) is 0 Å². The summed E-state index contributed by atoms with van der Waals surface area (Å²) < 4.78 is 26.9. The Labute approximate surface area is 141 Å². The van der Waals surface area contributed by atoms with Crippen LogP contribution in [0.4, 0.5) is 0 Å². The number of nitriles is 1. The van der Waals surface area contributed by atoms with Crippen LogP contribution in [0, 0.1) is 11.5 Å². The molecule has 1 atom stereocenters. The maximum atomic E-state index is 12.2. The first kappa shape index (κ1) is 16.5. The summed E-state index contributed by atoms with van der Waals surface area (Å²) in [6, 6.07) is 13.5. The number of fused-ring (bicyclic) bond motifs is 1. The van der Waals surface area contributed by atoms with Crippen LogP contribution in [0.2, 0.25) is 0 Å². The predicted molar refractivity (Wildman–Crippen MR) is 87.9 cm³/mol. The monoisotopic (exact) mass is 343 g/mol. The molecule has 24 heavy (non-hydrogen) atoms. The fraction of sp³-hybridized carbons (Fsp3) is 0.235. The molecule has 6 nitrogen and oxygen atoms in total. The van der Waals surface area contributed by atoms with E-state index in [1.807, 2.05) is 12.1 Å². The van der Waals surface area contributed by atoms with E-state index in [4.69, 9.17) is 5.26 Å². The van der Waals surface area contributed by atoms with Crippen molar-refractivity contribution in [2.45, 2.75) is 24.1 Å². The number of hydrogen-bond donors (Lipinski definition) is 2. The third-order valence-corrected chi connectivity index (χ3v) is 5.48. The highest BCUT2D eigenvalue weighted by Gasteiger charge is 2.24. The van der Waals surface area contributed by atoms with Crippen molar-refractivity contribution in [3.8, 4) is 6.19 Å². The third kappa shape index (κ3) is 3.26. The minimum atomic E-state index is -3.67. The van der Waals surface area contributed by atoms with Crippen molar-refractivity contribution < 1.29 is 13.5 Å². The Kier molecular flexibility index (Phi) is 4.53. The van der Waals surface area contributed by atoms with Crippen molar-refractivity contribution in [1.29, 1.82) is 5.26 Å². The van der Waals surface area contributed by atoms with Crippen LogP contribution in [0.5, 0.6) is 0 Å². The van der Waals surface area contributed by atoms with Crippen LogP contribution >= 0.6 is 0 Å². The SMILES string of the molecule is N#CN1Cc2cccc(C(O)CNS(=O)(=O)c3ccccc3)c2C1. The second kappa shape index (κ2) is 6.61. The van der Waals surface area contributed by atoms with Crippen LogP contribution in [0.1, 0.15) is 22.8 Å². The lowest BCUT2D eigenvalue weighted by Gasteiger charge is -2.16. The molecule has 124 valence electrons. The van der Waals surface area contributed by atoms with Crippen molar-refractivity contribution in [2.24, 2.45) is 0 Å². The quantitative estimate of drug-likeness (QED) is 0.803. The standard InChI is InChI=1S/C17H17N3O3S/c18-12-20-10-13-5-4-8-15(16(13)11-20)17(21)9-19-24(22,23)14-6-2-1-3-7-14/h1-8,17,19,21H,9-11H2. The van der Waals surface area contributed by atoms with Gasteiger partial charge in [-0.25, -0.2) is 13.1 Å². The number of rotatable bonds is 5. The molecule has 0 fully saturated rings. The second-order valence-electron chi connectivity index (χ2n) is 5.62. The highest BCUT2D eigenvalue weighted by atomic mass is 32.2. The van der Waals surface area contributed by atoms with E-state index in [9.17, 15) is 13.5 Å². The van der Waals surface area contributed by atoms with E-state index in [0.29, 0.717) is 18.7 Å². The average Bonchev–Trinajstić information content (AvgIpc) is 3.04. The average molecular weight is 343 g/mol. The molecule has 1 aliphatic heterocycles. The molecule has 2 aromatic carbocycles. The van der Waals surface area contributed by atoms with Gasteiger partial charge in [-0.3, -0.25) is 0 Å². The van der Waals surface area contributed by atoms with Gasteiger partial charge in [0.05, 0.1) is 24.1 Å². The highest BCUT2D eigenvalue weighted by molar-refractivity contribution is 7.89. The molecule has 0 radical (unpaired) electrons. The van der Waals surface area contributed by atoms with E-state index in [0.717, 1.165) is 11.1 Å². The maximum absolute atomic E-state index is 12.2. The zero-order valence-electron chi connectivity index (χ0n) is 12.9. The van der Waals surface area contributed by atoms with E-state index in [2.05, 4.69) is 10.9 Å². The Bertz CT molecular complexity index is 876. The van der Waals surface area contributed by atoms with Crippen LogP contribution in [-0.4, -0.2) is 25.0 Å². The lowest BCUT2D eigenvalue weighted by atomic mass is 9.99. The molecule has 2 aromatic rings. The molecule has 0 saturated heterocycles. The molecule has 0 aromatic heterocycles. The van der Waals surface area contributed by atoms with E-state index >= 15 is 0 Å². The number of aliphatic hydroxyl groups is 1. The van der Waals surface area contributed by atoms with Crippen molar-refractivity contribution in [1.82, 2.24) is 9.62 Å². The Morgan fingerprint density at radius 2 is 1.92 bits per heavy atom. The van der Waals surface area contributed by atoms with Gasteiger partial charge in [0.2, 0.25) is 10.0 Å². The highest BCUT2D eigenvalue weighted by Crippen LogP contribution is 2.29. The maximum Gasteiger partial charge on any atom is 0.240 e. The van der Waals surface area contributed by atoms with Crippen LogP contribution in [0.3, 0.4) is 0 Å². The molecule has 0 amide bonds. The summed E-state index contributed by atoms with van der Waals surface area (Å²) >= 11 is 0. The smallest absolute Gasteiger partial charge is 0.240 e. The van der Waals surface area contributed by atoms with Gasteiger partial charge in [0.1, 0.15) is 0 Å². The zero-order chi connectivity index (χ0) is 17.2. The van der Waals surface area contributed by atoms with Gasteiger partial charge in [0.25, 0.3) is 0 Å². The number of sulfonamides is 1. The Hall–Kier alpha value is -2.40. The molecule has 1 heterocycles. The first-order chi connectivity index (χ1) is 11.5. The van der Waals surface area contributed by atoms with E-state index in [1.165, 1.54) is 12.1 Å². The van der Waals surface area contributed by atoms with Gasteiger partial charge >= 0.3 is 0 Å². The van der Waals surface area contributed by atoms with Gasteiger partial charge in [0.15, 0.2) is 6.19 Å². The molecule has 0 aliphatic carbocycles. The van der Waals surface area contributed by atoms with Gasteiger partial charge in [-0.2, -0.15) is 5.26 Å². The minimum Gasteiger partial charge on any atom is -0.387 e. The molecule has 0 bridgehead atoms. The molecule has 0 saturated carbocycles. The van der Waals surface area contributed by atoms with Gasteiger partial charge < -0.3 is 10.0 Å². The Balaban J connectivity index is 1.75. The summed E-state index contributed by atoms with van der Waals surface area (Å²) in [5.41, 5.74) is 2.53. The first-order valence-electron chi connectivity index (χ1n) is 7.49. The van der Waals surface area contributed by atoms with Crippen LogP contribution < -0.4 is 4.72 Å². The predicted octanol–water partition coefficient (Wildman–Crippen LogP) is 1.50. The Morgan fingerprint density at radius 3 is 2.62 bits per heavy atom. The third-order valence-electron chi connectivity index (χ3n) is 4.04. The fourth-order valence-electron chi connectivity index (χ4n) is 2.81. The molecule has 1 aliphatic rings. The molecule has 1 unspecified atom stereocenters. The zero-order valence-corrected chi connectivity index (χ0v) is 13.7. The molecule has 2 N–H and O–H groups in total. The number of nitrogens with one attached hydrogen (secondary N) is 1. The van der Waals surface area contributed by atoms with Crippen LogP contribution in [0.25, 0.3) is 0 Å². The molecule has 3 rings (SSSR count). The van der Waals surface area contributed by atoms with E-state index in [1.54, 1.807) is 29.2 Å². The molecule has 0 spiro atoms. The second-order valence-corrected chi connectivity index (χ2v) is 7.39. The van der Waals surface area contributed by atoms with Crippen molar-refractivity contribution in [3.05, 3.63) is 65.2 Å². The number of benzene rings is 2. The lowest BCUT2D eigenvalue weighted by molar-refractivity contribution is 0.180. The topological polar surface area (TPSA) is 93.4 Å². The normalized spacial score (nSPS) is 14.9. The van der Waals surface area contributed by atoms with E-state index < -0.39 is 16.1 Å². The summed E-state index contributed by atoms with van der Waals surface area (Å²) in [4.78, 5) is 1.75. The van der Waals surface area contributed by atoms with Gasteiger partial charge in [0, 0.05) is 6.54 Å². The van der Waals surface area contributed by atoms with Crippen molar-refractivity contribution in [2.75, 3.05) is 6.54 Å². The summed E-state index contributed by atoms with van der Waals surface area (Å²) in [5, 5.41) is 19.5. The number of aliphatic hydroxyl groups excluding tert-OH is 1. The summed E-state index contributed by atoms with van der Waals surface area (Å²) in [7, 11) is -3.67. The summed E-state index contributed by atoms with van der Waals surface area (Å²) in [6.07, 6.45) is 1.12. The van der Waals surface area contributed by atoms with Crippen molar-refractivity contribution in [3.63, 3.8) is 0 Å². The number of hydrogen-bond acceptors (Lipinski definition) is 5. The molecular formula is C17H17N3O3S. The summed E-state index contributed by atoms with van der Waals surface area (Å²) in [5.74, 6) is 0. The number of nitrogens with zero attached hydrogens (tertiary/aromatic N) is 2. The van der Waals surface area contributed by atoms with Crippen LogP contribution in [-0.2, 0) is 23.1 Å². The van der Waals surface area contributed by atoms with E-state index in [-0.39, 0.29) is 11.4 Å². The van der Waals surface area contributed by atoms with Crippen molar-refractivity contribution >= 4 is 10.0 Å². The van der Waals surface area contributed by atoms with Gasteiger partial charge in [-0.05, 0) is 28.8 Å². The molecule has 7 heteroatoms. The summed E-state index contributed by atoms with van der Waals surface area (Å²) in [6.45, 7) is 0.826. The van der Waals surface area contributed by atoms with Crippen LogP contribution in [0.15, 0.2) is 53.4 Å². The first-order valence-corrected chi connectivity index (χ1v) is 8.97. The fourth-order valence-corrected chi connectivity index (χ4v) is 3.87. The largest absolute Gasteiger partial charge is 0.387 e. The minimum absolute atomic E-state index is 0.125. The van der Waals surface area contributed by atoms with Gasteiger partial charge in [-0.1, -0.05) is 36.4 Å². The molecular weight excluding hydrogens is 326 g/mol.